The van der Waals surface area contributed by atoms with E-state index in [2.05, 4.69) is 24.1 Å². The van der Waals surface area contributed by atoms with E-state index in [0.29, 0.717) is 12.5 Å². The Labute approximate surface area is 102 Å². The molecule has 0 bridgehead atoms. The van der Waals surface area contributed by atoms with E-state index in [1.807, 2.05) is 19.4 Å². The number of nitrogens with zero attached hydrogens (tertiary/aromatic N) is 1. The summed E-state index contributed by atoms with van der Waals surface area (Å²) < 4.78 is 0. The molecule has 0 radical (unpaired) electrons. The van der Waals surface area contributed by atoms with Crippen LogP contribution in [0.2, 0.25) is 0 Å². The van der Waals surface area contributed by atoms with Crippen molar-refractivity contribution in [2.24, 2.45) is 5.92 Å². The Hall–Kier alpha value is -0.450. The van der Waals surface area contributed by atoms with Crippen LogP contribution in [0.15, 0.2) is 5.51 Å². The van der Waals surface area contributed by atoms with Gasteiger partial charge in [0.1, 0.15) is 0 Å². The predicted molar refractivity (Wildman–Crippen MR) is 68.6 cm³/mol. The summed E-state index contributed by atoms with van der Waals surface area (Å²) in [4.78, 5) is 5.45. The topological polar surface area (TPSA) is 45.1 Å². The number of aromatic nitrogens is 1. The van der Waals surface area contributed by atoms with Crippen molar-refractivity contribution in [1.29, 1.82) is 0 Å². The SMILES string of the molecule is CCC(C)C(C)(O)CNCc1scnc1C. The van der Waals surface area contributed by atoms with E-state index in [0.717, 1.165) is 18.7 Å². The molecule has 16 heavy (non-hydrogen) atoms. The maximum absolute atomic E-state index is 10.2. The molecule has 2 atom stereocenters. The highest BCUT2D eigenvalue weighted by Crippen LogP contribution is 2.19. The third-order valence-corrected chi connectivity index (χ3v) is 4.22. The van der Waals surface area contributed by atoms with E-state index in [1.165, 1.54) is 4.88 Å². The Morgan fingerprint density at radius 1 is 1.62 bits per heavy atom. The van der Waals surface area contributed by atoms with Gasteiger partial charge in [0.15, 0.2) is 0 Å². The highest BCUT2D eigenvalue weighted by Gasteiger charge is 2.26. The molecule has 0 amide bonds. The third kappa shape index (κ3) is 3.54. The second kappa shape index (κ2) is 5.75. The van der Waals surface area contributed by atoms with E-state index in [-0.39, 0.29) is 0 Å². The van der Waals surface area contributed by atoms with Gasteiger partial charge in [0.05, 0.1) is 16.8 Å². The van der Waals surface area contributed by atoms with E-state index < -0.39 is 5.60 Å². The fourth-order valence-corrected chi connectivity index (χ4v) is 2.29. The van der Waals surface area contributed by atoms with Crippen LogP contribution >= 0.6 is 11.3 Å². The van der Waals surface area contributed by atoms with Crippen LogP contribution in [0.5, 0.6) is 0 Å². The molecule has 1 rings (SSSR count). The van der Waals surface area contributed by atoms with Crippen molar-refractivity contribution >= 4 is 11.3 Å². The van der Waals surface area contributed by atoms with Crippen LogP contribution in [-0.2, 0) is 6.54 Å². The summed E-state index contributed by atoms with van der Waals surface area (Å²) in [5.74, 6) is 0.308. The Morgan fingerprint density at radius 3 is 2.81 bits per heavy atom. The number of aryl methyl sites for hydroxylation is 1. The van der Waals surface area contributed by atoms with Gasteiger partial charge in [-0.25, -0.2) is 4.98 Å². The smallest absolute Gasteiger partial charge is 0.0798 e. The molecule has 1 aromatic heterocycles. The second-order valence-electron chi connectivity index (χ2n) is 4.63. The fraction of sp³-hybridized carbons (Fsp3) is 0.750. The van der Waals surface area contributed by atoms with Gasteiger partial charge in [-0.2, -0.15) is 0 Å². The summed E-state index contributed by atoms with van der Waals surface area (Å²) in [6, 6.07) is 0. The van der Waals surface area contributed by atoms with Gasteiger partial charge in [0.2, 0.25) is 0 Å². The van der Waals surface area contributed by atoms with Crippen LogP contribution in [0.25, 0.3) is 0 Å². The van der Waals surface area contributed by atoms with Crippen molar-refractivity contribution in [1.82, 2.24) is 10.3 Å². The van der Waals surface area contributed by atoms with E-state index >= 15 is 0 Å². The molecule has 0 saturated carbocycles. The van der Waals surface area contributed by atoms with Crippen molar-refractivity contribution in [3.05, 3.63) is 16.1 Å². The van der Waals surface area contributed by atoms with Gasteiger partial charge < -0.3 is 10.4 Å². The van der Waals surface area contributed by atoms with Gasteiger partial charge in [-0.05, 0) is 19.8 Å². The molecule has 4 heteroatoms. The summed E-state index contributed by atoms with van der Waals surface area (Å²) in [6.07, 6.45) is 0.994. The van der Waals surface area contributed by atoms with Crippen molar-refractivity contribution in [3.8, 4) is 0 Å². The molecule has 1 heterocycles. The lowest BCUT2D eigenvalue weighted by atomic mass is 9.89. The van der Waals surface area contributed by atoms with Crippen molar-refractivity contribution in [2.75, 3.05) is 6.54 Å². The average Bonchev–Trinajstić information content (AvgIpc) is 2.63. The monoisotopic (exact) mass is 242 g/mol. The van der Waals surface area contributed by atoms with Crippen molar-refractivity contribution in [2.45, 2.75) is 46.3 Å². The van der Waals surface area contributed by atoms with Crippen molar-refractivity contribution < 1.29 is 5.11 Å². The minimum absolute atomic E-state index is 0.308. The second-order valence-corrected chi connectivity index (χ2v) is 5.57. The minimum atomic E-state index is -0.632. The Morgan fingerprint density at radius 2 is 2.31 bits per heavy atom. The summed E-state index contributed by atoms with van der Waals surface area (Å²) >= 11 is 1.66. The fourth-order valence-electron chi connectivity index (χ4n) is 1.54. The molecular weight excluding hydrogens is 220 g/mol. The standard InChI is InChI=1S/C12H22N2OS/c1-5-9(2)12(4,15)7-13-6-11-10(3)14-8-16-11/h8-9,13,15H,5-7H2,1-4H3. The summed E-state index contributed by atoms with van der Waals surface area (Å²) in [7, 11) is 0. The normalized spacial score (nSPS) is 17.1. The number of nitrogens with one attached hydrogen (secondary N) is 1. The van der Waals surface area contributed by atoms with E-state index in [4.69, 9.17) is 0 Å². The number of hydrogen-bond donors (Lipinski definition) is 2. The Kier molecular flexibility index (Phi) is 4.89. The molecule has 1 aromatic rings. The molecule has 0 aliphatic rings. The Balaban J connectivity index is 2.38. The van der Waals surface area contributed by atoms with E-state index in [9.17, 15) is 5.11 Å². The molecule has 92 valence electrons. The number of rotatable bonds is 6. The number of aliphatic hydroxyl groups is 1. The van der Waals surface area contributed by atoms with Gasteiger partial charge in [-0.3, -0.25) is 0 Å². The van der Waals surface area contributed by atoms with Gasteiger partial charge in [0, 0.05) is 18.0 Å². The summed E-state index contributed by atoms with van der Waals surface area (Å²) in [6.45, 7) is 9.52. The van der Waals surface area contributed by atoms with Crippen LogP contribution in [0, 0.1) is 12.8 Å². The van der Waals surface area contributed by atoms with Gasteiger partial charge >= 0.3 is 0 Å². The molecule has 0 aliphatic carbocycles. The first-order valence-corrected chi connectivity index (χ1v) is 6.67. The number of thiazole rings is 1. The highest BCUT2D eigenvalue weighted by molar-refractivity contribution is 7.09. The first-order chi connectivity index (χ1) is 7.47. The van der Waals surface area contributed by atoms with Crippen molar-refractivity contribution in [3.63, 3.8) is 0 Å². The minimum Gasteiger partial charge on any atom is -0.389 e. The molecule has 0 aliphatic heterocycles. The first-order valence-electron chi connectivity index (χ1n) is 5.79. The summed E-state index contributed by atoms with van der Waals surface area (Å²) in [5.41, 5.74) is 2.31. The molecule has 0 fully saturated rings. The van der Waals surface area contributed by atoms with Crippen LogP contribution in [0.1, 0.15) is 37.8 Å². The molecular formula is C12H22N2OS. The Bertz CT molecular complexity index is 323. The van der Waals surface area contributed by atoms with Crippen LogP contribution in [-0.4, -0.2) is 22.2 Å². The summed E-state index contributed by atoms with van der Waals surface area (Å²) in [5, 5.41) is 13.5. The molecule has 2 unspecified atom stereocenters. The van der Waals surface area contributed by atoms with Gasteiger partial charge in [0.25, 0.3) is 0 Å². The maximum atomic E-state index is 10.2. The lowest BCUT2D eigenvalue weighted by Crippen LogP contribution is -2.42. The predicted octanol–water partition coefficient (Wildman–Crippen LogP) is 2.34. The van der Waals surface area contributed by atoms with Gasteiger partial charge in [-0.15, -0.1) is 11.3 Å². The molecule has 0 saturated heterocycles. The van der Waals surface area contributed by atoms with Crippen LogP contribution in [0.4, 0.5) is 0 Å². The maximum Gasteiger partial charge on any atom is 0.0798 e. The zero-order valence-corrected chi connectivity index (χ0v) is 11.4. The lowest BCUT2D eigenvalue weighted by Gasteiger charge is -2.29. The third-order valence-electron chi connectivity index (χ3n) is 3.29. The zero-order chi connectivity index (χ0) is 12.2. The van der Waals surface area contributed by atoms with E-state index in [1.54, 1.807) is 11.3 Å². The number of hydrogen-bond acceptors (Lipinski definition) is 4. The highest BCUT2D eigenvalue weighted by atomic mass is 32.1. The molecule has 2 N–H and O–H groups in total. The first kappa shape index (κ1) is 13.6. The largest absolute Gasteiger partial charge is 0.389 e. The van der Waals surface area contributed by atoms with Gasteiger partial charge in [-0.1, -0.05) is 20.3 Å². The zero-order valence-electron chi connectivity index (χ0n) is 10.6. The molecule has 3 nitrogen and oxygen atoms in total. The van der Waals surface area contributed by atoms with Crippen LogP contribution in [0.3, 0.4) is 0 Å². The lowest BCUT2D eigenvalue weighted by molar-refractivity contribution is 0.00538. The molecule has 0 aromatic carbocycles. The quantitative estimate of drug-likeness (QED) is 0.805. The molecule has 0 spiro atoms. The average molecular weight is 242 g/mol. The van der Waals surface area contributed by atoms with Crippen LogP contribution < -0.4 is 5.32 Å².